The van der Waals surface area contributed by atoms with Gasteiger partial charge in [0, 0.05) is 5.57 Å². The smallest absolute Gasteiger partial charge is 0.174 e. The van der Waals surface area contributed by atoms with Crippen LogP contribution in [-0.2, 0) is 4.79 Å². The maximum absolute atomic E-state index is 12.7. The van der Waals surface area contributed by atoms with Crippen LogP contribution in [0.15, 0.2) is 71.8 Å². The van der Waals surface area contributed by atoms with Crippen molar-refractivity contribution in [3.05, 3.63) is 82.9 Å². The van der Waals surface area contributed by atoms with E-state index in [9.17, 15) is 4.79 Å². The molecule has 1 aliphatic carbocycles. The molecule has 0 saturated carbocycles. The zero-order valence-electron chi connectivity index (χ0n) is 12.7. The van der Waals surface area contributed by atoms with Crippen molar-refractivity contribution in [2.45, 2.75) is 12.8 Å². The fourth-order valence-corrected chi connectivity index (χ4v) is 2.74. The second kappa shape index (κ2) is 6.02. The predicted octanol–water partition coefficient (Wildman–Crippen LogP) is 4.39. The minimum absolute atomic E-state index is 0.161. The molecule has 0 bridgehead atoms. The van der Waals surface area contributed by atoms with Gasteiger partial charge in [-0.05, 0) is 41.8 Å². The van der Waals surface area contributed by atoms with Gasteiger partial charge in [-0.25, -0.2) is 0 Å². The highest BCUT2D eigenvalue weighted by Gasteiger charge is 2.28. The fraction of sp³-hybridized carbons (Fsp3) is 0.150. The number of hydrogen-bond donors (Lipinski definition) is 0. The molecule has 1 atom stereocenters. The summed E-state index contributed by atoms with van der Waals surface area (Å²) in [5.74, 6) is 0.819. The van der Waals surface area contributed by atoms with Gasteiger partial charge in [0.1, 0.15) is 5.75 Å². The lowest BCUT2D eigenvalue weighted by Crippen LogP contribution is -2.06. The molecule has 3 rings (SSSR count). The Morgan fingerprint density at radius 1 is 1.00 bits per heavy atom. The molecule has 2 heteroatoms. The van der Waals surface area contributed by atoms with Crippen molar-refractivity contribution in [2.24, 2.45) is 0 Å². The van der Waals surface area contributed by atoms with Crippen molar-refractivity contribution in [3.63, 3.8) is 0 Å². The Labute approximate surface area is 130 Å². The van der Waals surface area contributed by atoms with Crippen LogP contribution in [0, 0.1) is 0 Å². The maximum Gasteiger partial charge on any atom is 0.174 e. The predicted molar refractivity (Wildman–Crippen MR) is 88.9 cm³/mol. The van der Waals surface area contributed by atoms with E-state index in [2.05, 4.69) is 0 Å². The summed E-state index contributed by atoms with van der Waals surface area (Å²) < 4.78 is 5.16. The Balaban J connectivity index is 1.90. The summed E-state index contributed by atoms with van der Waals surface area (Å²) in [7, 11) is 1.64. The number of methoxy groups -OCH3 is 1. The monoisotopic (exact) mass is 290 g/mol. The van der Waals surface area contributed by atoms with E-state index in [4.69, 9.17) is 4.74 Å². The first-order chi connectivity index (χ1) is 10.7. The summed E-state index contributed by atoms with van der Waals surface area (Å²) in [6.07, 6.45) is 4.00. The molecular weight excluding hydrogens is 272 g/mol. The fourth-order valence-electron chi connectivity index (χ4n) is 2.74. The largest absolute Gasteiger partial charge is 0.497 e. The van der Waals surface area contributed by atoms with Gasteiger partial charge in [-0.1, -0.05) is 48.5 Å². The normalized spacial score (nSPS) is 19.4. The lowest BCUT2D eigenvalue weighted by atomic mass is 9.95. The van der Waals surface area contributed by atoms with Crippen molar-refractivity contribution in [1.29, 1.82) is 0 Å². The molecule has 110 valence electrons. The molecule has 0 heterocycles. The number of hydrogen-bond acceptors (Lipinski definition) is 2. The third-order valence-electron chi connectivity index (χ3n) is 3.97. The quantitative estimate of drug-likeness (QED) is 0.784. The first-order valence-electron chi connectivity index (χ1n) is 7.33. The zero-order valence-corrected chi connectivity index (χ0v) is 12.7. The number of carbonyl (C=O) groups excluding carboxylic acids is 1. The number of rotatable bonds is 3. The number of allylic oxidation sites excluding steroid dienone is 3. The zero-order chi connectivity index (χ0) is 15.5. The van der Waals surface area contributed by atoms with E-state index in [1.54, 1.807) is 7.11 Å². The van der Waals surface area contributed by atoms with Crippen LogP contribution < -0.4 is 4.74 Å². The Morgan fingerprint density at radius 3 is 2.32 bits per heavy atom. The van der Waals surface area contributed by atoms with Gasteiger partial charge in [0.2, 0.25) is 0 Å². The lowest BCUT2D eigenvalue weighted by Gasteiger charge is -2.07. The van der Waals surface area contributed by atoms with E-state index in [1.165, 1.54) is 0 Å². The second-order valence-corrected chi connectivity index (χ2v) is 5.43. The maximum atomic E-state index is 12.7. The van der Waals surface area contributed by atoms with Crippen LogP contribution in [0.5, 0.6) is 5.75 Å². The van der Waals surface area contributed by atoms with Crippen LogP contribution in [0.25, 0.3) is 6.08 Å². The van der Waals surface area contributed by atoms with E-state index in [0.29, 0.717) is 0 Å². The van der Waals surface area contributed by atoms with Crippen LogP contribution in [0.3, 0.4) is 0 Å². The standard InChI is InChI=1S/C20H18O2/c1-14-12-19(16-6-4-3-5-7-16)20(21)18(14)13-15-8-10-17(22-2)11-9-15/h3-13,19H,1-2H3/b18-13-/t19-/m0/s1. The molecule has 0 aliphatic heterocycles. The summed E-state index contributed by atoms with van der Waals surface area (Å²) >= 11 is 0. The van der Waals surface area contributed by atoms with Crippen molar-refractivity contribution in [1.82, 2.24) is 0 Å². The van der Waals surface area contributed by atoms with Gasteiger partial charge in [-0.15, -0.1) is 0 Å². The third-order valence-corrected chi connectivity index (χ3v) is 3.97. The summed E-state index contributed by atoms with van der Waals surface area (Å²) in [6.45, 7) is 2.00. The molecule has 0 radical (unpaired) electrons. The average molecular weight is 290 g/mol. The van der Waals surface area contributed by atoms with Crippen LogP contribution in [-0.4, -0.2) is 12.9 Å². The van der Waals surface area contributed by atoms with Crippen molar-refractivity contribution >= 4 is 11.9 Å². The molecule has 0 spiro atoms. The average Bonchev–Trinajstić information content (AvgIpc) is 2.84. The molecule has 0 N–H and O–H groups in total. The molecule has 0 saturated heterocycles. The Hall–Kier alpha value is -2.61. The highest BCUT2D eigenvalue weighted by atomic mass is 16.5. The lowest BCUT2D eigenvalue weighted by molar-refractivity contribution is -0.115. The van der Waals surface area contributed by atoms with Gasteiger partial charge in [0.15, 0.2) is 5.78 Å². The van der Waals surface area contributed by atoms with E-state index >= 15 is 0 Å². The Kier molecular flexibility index (Phi) is 3.92. The van der Waals surface area contributed by atoms with Gasteiger partial charge in [-0.2, -0.15) is 0 Å². The van der Waals surface area contributed by atoms with E-state index < -0.39 is 0 Å². The van der Waals surface area contributed by atoms with E-state index in [0.717, 1.165) is 28.0 Å². The Bertz CT molecular complexity index is 737. The number of Topliss-reactive ketones (excluding diaryl/α,β-unsaturated/α-hetero) is 1. The summed E-state index contributed by atoms with van der Waals surface area (Å²) in [4.78, 5) is 12.7. The van der Waals surface area contributed by atoms with Gasteiger partial charge in [-0.3, -0.25) is 4.79 Å². The van der Waals surface area contributed by atoms with Crippen molar-refractivity contribution in [3.8, 4) is 5.75 Å². The molecule has 0 unspecified atom stereocenters. The third kappa shape index (κ3) is 2.73. The first kappa shape index (κ1) is 14.3. The molecule has 0 amide bonds. The first-order valence-corrected chi connectivity index (χ1v) is 7.33. The minimum Gasteiger partial charge on any atom is -0.497 e. The molecule has 0 aromatic heterocycles. The summed E-state index contributed by atoms with van der Waals surface area (Å²) in [5.41, 5.74) is 3.88. The molecule has 2 aromatic carbocycles. The van der Waals surface area contributed by atoms with E-state index in [-0.39, 0.29) is 11.7 Å². The number of benzene rings is 2. The van der Waals surface area contributed by atoms with Crippen LogP contribution >= 0.6 is 0 Å². The van der Waals surface area contributed by atoms with Gasteiger partial charge < -0.3 is 4.74 Å². The highest BCUT2D eigenvalue weighted by molar-refractivity contribution is 6.11. The van der Waals surface area contributed by atoms with E-state index in [1.807, 2.05) is 73.7 Å². The van der Waals surface area contributed by atoms with Crippen LogP contribution in [0.2, 0.25) is 0 Å². The van der Waals surface area contributed by atoms with Gasteiger partial charge in [0.05, 0.1) is 13.0 Å². The second-order valence-electron chi connectivity index (χ2n) is 5.43. The summed E-state index contributed by atoms with van der Waals surface area (Å²) in [5, 5.41) is 0. The number of carbonyl (C=O) groups is 1. The Morgan fingerprint density at radius 2 is 1.68 bits per heavy atom. The minimum atomic E-state index is -0.161. The summed E-state index contributed by atoms with van der Waals surface area (Å²) in [6, 6.07) is 17.6. The van der Waals surface area contributed by atoms with Gasteiger partial charge in [0.25, 0.3) is 0 Å². The highest BCUT2D eigenvalue weighted by Crippen LogP contribution is 2.34. The van der Waals surface area contributed by atoms with Crippen LogP contribution in [0.1, 0.15) is 24.0 Å². The van der Waals surface area contributed by atoms with Crippen molar-refractivity contribution < 1.29 is 9.53 Å². The molecule has 1 aliphatic rings. The molecule has 2 aromatic rings. The molecule has 0 fully saturated rings. The van der Waals surface area contributed by atoms with Crippen LogP contribution in [0.4, 0.5) is 0 Å². The topological polar surface area (TPSA) is 26.3 Å². The number of ether oxygens (including phenoxy) is 1. The molecule has 22 heavy (non-hydrogen) atoms. The molecular formula is C20H18O2. The number of ketones is 1. The van der Waals surface area contributed by atoms with Gasteiger partial charge >= 0.3 is 0 Å². The van der Waals surface area contributed by atoms with Crippen molar-refractivity contribution in [2.75, 3.05) is 7.11 Å². The molecule has 2 nitrogen and oxygen atoms in total. The SMILES string of the molecule is COc1ccc(/C=C2\C(=O)[C@H](c3ccccc3)C=C2C)cc1.